The average Bonchev–Trinajstić information content (AvgIpc) is 3.19. The van der Waals surface area contributed by atoms with E-state index < -0.39 is 11.4 Å². The van der Waals surface area contributed by atoms with Crippen LogP contribution in [0.25, 0.3) is 0 Å². The molecular weight excluding hydrogens is 496 g/mol. The molecular formula is C36H60O4. The summed E-state index contributed by atoms with van der Waals surface area (Å²) in [6, 6.07) is 0. The summed E-state index contributed by atoms with van der Waals surface area (Å²) in [6.07, 6.45) is 12.7. The molecule has 5 saturated carbocycles. The van der Waals surface area contributed by atoms with Gasteiger partial charge in [-0.3, -0.25) is 9.59 Å². The van der Waals surface area contributed by atoms with Crippen molar-refractivity contribution < 1.29 is 19.4 Å². The van der Waals surface area contributed by atoms with Gasteiger partial charge in [0, 0.05) is 5.41 Å². The molecule has 5 aliphatic carbocycles. The van der Waals surface area contributed by atoms with Gasteiger partial charge in [-0.2, -0.15) is 0 Å². The van der Waals surface area contributed by atoms with E-state index in [0.29, 0.717) is 28.1 Å². The van der Waals surface area contributed by atoms with Crippen LogP contribution in [0.1, 0.15) is 140 Å². The van der Waals surface area contributed by atoms with Crippen molar-refractivity contribution in [1.29, 1.82) is 0 Å². The normalized spacial score (nSPS) is 48.0. The van der Waals surface area contributed by atoms with E-state index in [1.54, 1.807) is 13.8 Å². The van der Waals surface area contributed by atoms with Crippen LogP contribution in [0.3, 0.4) is 0 Å². The SMILES string of the molecule is CC(C)C1CCC2(C)CCC3(C)C(CCC4C5(C)CCC(OC(=O)CC(C)(C)C(=O)O)C(C)(C)C5CCC43C)C12. The molecule has 5 aliphatic rings. The summed E-state index contributed by atoms with van der Waals surface area (Å²) in [5.41, 5.74) is 0.340. The van der Waals surface area contributed by atoms with Gasteiger partial charge < -0.3 is 9.84 Å². The highest BCUT2D eigenvalue weighted by atomic mass is 16.5. The van der Waals surface area contributed by atoms with Gasteiger partial charge in [-0.25, -0.2) is 0 Å². The van der Waals surface area contributed by atoms with Crippen molar-refractivity contribution in [2.24, 2.45) is 68.0 Å². The molecule has 1 N–H and O–H groups in total. The lowest BCUT2D eigenvalue weighted by Gasteiger charge is -2.73. The van der Waals surface area contributed by atoms with Gasteiger partial charge in [-0.1, -0.05) is 55.4 Å². The number of esters is 1. The van der Waals surface area contributed by atoms with E-state index >= 15 is 0 Å². The molecule has 0 aliphatic heterocycles. The first kappa shape index (κ1) is 30.4. The Bertz CT molecular complexity index is 1030. The van der Waals surface area contributed by atoms with Crippen LogP contribution < -0.4 is 0 Å². The van der Waals surface area contributed by atoms with Crippen LogP contribution >= 0.6 is 0 Å². The Morgan fingerprint density at radius 2 is 1.50 bits per heavy atom. The predicted octanol–water partition coefficient (Wildman–Crippen LogP) is 9.16. The summed E-state index contributed by atoms with van der Waals surface area (Å²) in [4.78, 5) is 24.6. The molecule has 0 aromatic rings. The topological polar surface area (TPSA) is 63.6 Å². The molecule has 5 fully saturated rings. The van der Waals surface area contributed by atoms with Crippen molar-refractivity contribution in [3.8, 4) is 0 Å². The minimum absolute atomic E-state index is 0.0747. The third-order valence-corrected chi connectivity index (χ3v) is 15.1. The van der Waals surface area contributed by atoms with Crippen LogP contribution in [0.5, 0.6) is 0 Å². The number of aliphatic carboxylic acids is 1. The zero-order chi connectivity index (χ0) is 29.7. The van der Waals surface area contributed by atoms with E-state index in [0.717, 1.165) is 36.5 Å². The second kappa shape index (κ2) is 9.47. The van der Waals surface area contributed by atoms with Crippen molar-refractivity contribution in [1.82, 2.24) is 0 Å². The van der Waals surface area contributed by atoms with Gasteiger partial charge in [0.05, 0.1) is 11.8 Å². The third-order valence-electron chi connectivity index (χ3n) is 15.1. The Kier molecular flexibility index (Phi) is 7.20. The lowest BCUT2D eigenvalue weighted by Crippen LogP contribution is -2.66. The Morgan fingerprint density at radius 3 is 2.12 bits per heavy atom. The average molecular weight is 557 g/mol. The van der Waals surface area contributed by atoms with Crippen molar-refractivity contribution in [3.63, 3.8) is 0 Å². The lowest BCUT2D eigenvalue weighted by molar-refractivity contribution is -0.250. The van der Waals surface area contributed by atoms with Gasteiger partial charge in [0.2, 0.25) is 0 Å². The van der Waals surface area contributed by atoms with E-state index in [-0.39, 0.29) is 29.3 Å². The number of carbonyl (C=O) groups excluding carboxylic acids is 1. The minimum Gasteiger partial charge on any atom is -0.481 e. The fourth-order valence-electron chi connectivity index (χ4n) is 12.6. The monoisotopic (exact) mass is 556 g/mol. The first-order valence-corrected chi connectivity index (χ1v) is 16.8. The molecule has 5 rings (SSSR count). The van der Waals surface area contributed by atoms with Crippen molar-refractivity contribution >= 4 is 11.9 Å². The summed E-state index contributed by atoms with van der Waals surface area (Å²) >= 11 is 0. The molecule has 4 nitrogen and oxygen atoms in total. The van der Waals surface area contributed by atoms with Gasteiger partial charge in [0.15, 0.2) is 0 Å². The largest absolute Gasteiger partial charge is 0.481 e. The van der Waals surface area contributed by atoms with E-state index in [4.69, 9.17) is 4.74 Å². The Morgan fingerprint density at radius 1 is 0.825 bits per heavy atom. The lowest BCUT2D eigenvalue weighted by atomic mass is 9.32. The number of carbonyl (C=O) groups is 2. The van der Waals surface area contributed by atoms with Crippen LogP contribution in [0.4, 0.5) is 0 Å². The fraction of sp³-hybridized carbons (Fsp3) is 0.944. The number of carboxylic acid groups (broad SMARTS) is 1. The van der Waals surface area contributed by atoms with Crippen molar-refractivity contribution in [2.75, 3.05) is 0 Å². The van der Waals surface area contributed by atoms with Gasteiger partial charge in [0.25, 0.3) is 0 Å². The Balaban J connectivity index is 1.40. The number of carboxylic acids is 1. The molecule has 228 valence electrons. The van der Waals surface area contributed by atoms with Crippen LogP contribution in [-0.4, -0.2) is 23.1 Å². The Labute approximate surface area is 245 Å². The zero-order valence-electron chi connectivity index (χ0n) is 27.5. The van der Waals surface area contributed by atoms with E-state index in [1.807, 2.05) is 0 Å². The van der Waals surface area contributed by atoms with Crippen LogP contribution in [0, 0.1) is 68.0 Å². The predicted molar refractivity (Wildman–Crippen MR) is 161 cm³/mol. The third kappa shape index (κ3) is 4.17. The quantitative estimate of drug-likeness (QED) is 0.343. The zero-order valence-corrected chi connectivity index (χ0v) is 27.5. The number of hydrogen-bond donors (Lipinski definition) is 1. The van der Waals surface area contributed by atoms with Gasteiger partial charge >= 0.3 is 11.9 Å². The maximum atomic E-state index is 12.9. The van der Waals surface area contributed by atoms with E-state index in [1.165, 1.54) is 51.4 Å². The molecule has 0 bridgehead atoms. The fourth-order valence-corrected chi connectivity index (χ4v) is 12.6. The molecule has 0 aromatic carbocycles. The van der Waals surface area contributed by atoms with Crippen LogP contribution in [0.15, 0.2) is 0 Å². The highest BCUT2D eigenvalue weighted by Crippen LogP contribution is 2.77. The number of fused-ring (bicyclic) bond motifs is 7. The van der Waals surface area contributed by atoms with Gasteiger partial charge in [-0.05, 0) is 135 Å². The van der Waals surface area contributed by atoms with Crippen molar-refractivity contribution in [3.05, 3.63) is 0 Å². The molecule has 40 heavy (non-hydrogen) atoms. The smallest absolute Gasteiger partial charge is 0.309 e. The summed E-state index contributed by atoms with van der Waals surface area (Å²) in [5, 5.41) is 9.52. The molecule has 10 atom stereocenters. The number of rotatable bonds is 5. The second-order valence-corrected chi connectivity index (χ2v) is 18.0. The van der Waals surface area contributed by atoms with Gasteiger partial charge in [0.1, 0.15) is 6.10 Å². The maximum Gasteiger partial charge on any atom is 0.309 e. The summed E-state index contributed by atoms with van der Waals surface area (Å²) in [5.74, 6) is 3.33. The van der Waals surface area contributed by atoms with Crippen LogP contribution in [-0.2, 0) is 14.3 Å². The maximum absolute atomic E-state index is 12.9. The number of hydrogen-bond acceptors (Lipinski definition) is 3. The first-order valence-electron chi connectivity index (χ1n) is 16.8. The molecule has 0 aromatic heterocycles. The molecule has 0 radical (unpaired) electrons. The van der Waals surface area contributed by atoms with E-state index in [2.05, 4.69) is 55.4 Å². The summed E-state index contributed by atoms with van der Waals surface area (Å²) in [7, 11) is 0. The van der Waals surface area contributed by atoms with E-state index in [9.17, 15) is 14.7 Å². The molecule has 0 heterocycles. The standard InChI is InChI=1S/C36H60O4/c1-22(2)23-13-16-33(7)19-20-35(9)24(29(23)33)11-12-26-34(8)17-15-27(40-28(37)21-31(3,4)30(38)39)32(5,6)25(34)14-18-36(26,35)10/h22-27,29H,11-21H2,1-10H3,(H,38,39). The minimum atomic E-state index is -1.10. The van der Waals surface area contributed by atoms with Crippen molar-refractivity contribution in [2.45, 2.75) is 146 Å². The highest BCUT2D eigenvalue weighted by Gasteiger charge is 2.70. The summed E-state index contributed by atoms with van der Waals surface area (Å²) < 4.78 is 6.14. The molecule has 10 unspecified atom stereocenters. The molecule has 4 heteroatoms. The first-order chi connectivity index (χ1) is 18.3. The highest BCUT2D eigenvalue weighted by molar-refractivity contribution is 5.81. The Hall–Kier alpha value is -1.06. The number of ether oxygens (including phenoxy) is 1. The second-order valence-electron chi connectivity index (χ2n) is 18.0. The van der Waals surface area contributed by atoms with Crippen LogP contribution in [0.2, 0.25) is 0 Å². The molecule has 0 amide bonds. The molecule has 0 saturated heterocycles. The molecule has 0 spiro atoms. The van der Waals surface area contributed by atoms with Gasteiger partial charge in [-0.15, -0.1) is 0 Å². The summed E-state index contributed by atoms with van der Waals surface area (Å²) in [6.45, 7) is 23.6.